The van der Waals surface area contributed by atoms with Gasteiger partial charge in [0.25, 0.3) is 5.91 Å². The zero-order valence-electron chi connectivity index (χ0n) is 17.3. The molecule has 0 aromatic heterocycles. The van der Waals surface area contributed by atoms with Gasteiger partial charge in [0.15, 0.2) is 0 Å². The molecule has 4 aromatic rings. The minimum absolute atomic E-state index is 0.0485. The monoisotopic (exact) mass is 404 g/mol. The number of carbonyl (C=O) groups excluding carboxylic acids is 1. The van der Waals surface area contributed by atoms with Crippen LogP contribution in [-0.4, -0.2) is 5.91 Å². The normalized spacial score (nSPS) is 12.5. The number of fused-ring (bicyclic) bond motifs is 1. The van der Waals surface area contributed by atoms with E-state index in [1.807, 2.05) is 60.7 Å². The van der Waals surface area contributed by atoms with E-state index in [2.05, 4.69) is 52.7 Å². The molecular weight excluding hydrogens is 380 g/mol. The molecule has 3 heteroatoms. The van der Waals surface area contributed by atoms with Crippen LogP contribution in [0.4, 0.5) is 5.69 Å². The van der Waals surface area contributed by atoms with E-state index in [-0.39, 0.29) is 5.91 Å². The Kier molecular flexibility index (Phi) is 5.24. The van der Waals surface area contributed by atoms with Gasteiger partial charge in [0.1, 0.15) is 0 Å². The van der Waals surface area contributed by atoms with E-state index in [0.29, 0.717) is 12.1 Å². The first-order valence-corrected chi connectivity index (χ1v) is 10.6. The molecule has 0 fully saturated rings. The molecule has 1 amide bonds. The zero-order valence-corrected chi connectivity index (χ0v) is 17.3. The van der Waals surface area contributed by atoms with Crippen molar-refractivity contribution in [1.82, 2.24) is 5.32 Å². The average molecular weight is 405 g/mol. The summed E-state index contributed by atoms with van der Waals surface area (Å²) in [5.74, 6) is -0.0485. The maximum absolute atomic E-state index is 12.5. The van der Waals surface area contributed by atoms with Gasteiger partial charge in [-0.3, -0.25) is 4.79 Å². The van der Waals surface area contributed by atoms with Crippen molar-refractivity contribution in [3.63, 3.8) is 0 Å². The molecule has 152 valence electrons. The molecule has 3 nitrogen and oxygen atoms in total. The lowest BCUT2D eigenvalue weighted by Crippen LogP contribution is -2.23. The molecule has 1 aliphatic rings. The summed E-state index contributed by atoms with van der Waals surface area (Å²) in [6.07, 6.45) is 0. The molecule has 1 N–H and O–H groups in total. The summed E-state index contributed by atoms with van der Waals surface area (Å²) in [6, 6.07) is 35.1. The Hall–Kier alpha value is -3.85. The van der Waals surface area contributed by atoms with Gasteiger partial charge in [-0.2, -0.15) is 0 Å². The van der Waals surface area contributed by atoms with Gasteiger partial charge in [-0.15, -0.1) is 0 Å². The van der Waals surface area contributed by atoms with Crippen LogP contribution >= 0.6 is 0 Å². The molecule has 4 aromatic carbocycles. The van der Waals surface area contributed by atoms with Gasteiger partial charge >= 0.3 is 0 Å². The highest BCUT2D eigenvalue weighted by Gasteiger charge is 2.20. The van der Waals surface area contributed by atoms with E-state index in [1.54, 1.807) is 0 Å². The van der Waals surface area contributed by atoms with Crippen LogP contribution in [0.3, 0.4) is 0 Å². The molecule has 0 saturated heterocycles. The van der Waals surface area contributed by atoms with Gasteiger partial charge in [0.2, 0.25) is 0 Å². The fraction of sp³-hybridized carbons (Fsp3) is 0.107. The fourth-order valence-electron chi connectivity index (χ4n) is 4.09. The second kappa shape index (κ2) is 8.49. The van der Waals surface area contributed by atoms with Gasteiger partial charge in [0, 0.05) is 30.9 Å². The molecule has 1 heterocycles. The first-order valence-electron chi connectivity index (χ1n) is 10.6. The molecule has 5 rings (SSSR count). The lowest BCUT2D eigenvalue weighted by Gasteiger charge is -2.18. The Bertz CT molecular complexity index is 1180. The highest BCUT2D eigenvalue weighted by molar-refractivity contribution is 5.94. The molecule has 0 aliphatic carbocycles. The van der Waals surface area contributed by atoms with Gasteiger partial charge in [-0.05, 0) is 58.1 Å². The number of hydrogen-bond acceptors (Lipinski definition) is 2. The number of hydrogen-bond donors (Lipinski definition) is 1. The van der Waals surface area contributed by atoms with Crippen molar-refractivity contribution in [3.8, 4) is 11.1 Å². The summed E-state index contributed by atoms with van der Waals surface area (Å²) in [5, 5.41) is 2.99. The van der Waals surface area contributed by atoms with E-state index in [1.165, 1.54) is 22.3 Å². The van der Waals surface area contributed by atoms with Gasteiger partial charge < -0.3 is 10.2 Å². The highest BCUT2D eigenvalue weighted by atomic mass is 16.1. The van der Waals surface area contributed by atoms with E-state index >= 15 is 0 Å². The van der Waals surface area contributed by atoms with Gasteiger partial charge in [0.05, 0.1) is 0 Å². The Morgan fingerprint density at radius 3 is 2.13 bits per heavy atom. The van der Waals surface area contributed by atoms with Crippen molar-refractivity contribution in [3.05, 3.63) is 125 Å². The smallest absolute Gasteiger partial charge is 0.251 e. The summed E-state index contributed by atoms with van der Waals surface area (Å²) in [4.78, 5) is 14.8. The lowest BCUT2D eigenvalue weighted by atomic mass is 10.0. The summed E-state index contributed by atoms with van der Waals surface area (Å²) < 4.78 is 0. The van der Waals surface area contributed by atoms with E-state index in [9.17, 15) is 4.79 Å². The van der Waals surface area contributed by atoms with E-state index in [0.717, 1.165) is 24.3 Å². The largest absolute Gasteiger partial charge is 0.363 e. The van der Waals surface area contributed by atoms with Crippen molar-refractivity contribution in [2.45, 2.75) is 19.6 Å². The molecule has 0 unspecified atom stereocenters. The molecule has 0 atom stereocenters. The summed E-state index contributed by atoms with van der Waals surface area (Å²) in [7, 11) is 0. The number of amides is 1. The van der Waals surface area contributed by atoms with Crippen LogP contribution < -0.4 is 10.2 Å². The predicted molar refractivity (Wildman–Crippen MR) is 126 cm³/mol. The SMILES string of the molecule is O=C(NCc1ccccc1)c1ccc(N2Cc3ccc(-c4ccccc4)cc3C2)cc1. The minimum Gasteiger partial charge on any atom is -0.363 e. The number of anilines is 1. The van der Waals surface area contributed by atoms with Crippen molar-refractivity contribution in [1.29, 1.82) is 0 Å². The van der Waals surface area contributed by atoms with Crippen LogP contribution in [0.1, 0.15) is 27.0 Å². The second-order valence-corrected chi connectivity index (χ2v) is 7.92. The molecule has 1 aliphatic heterocycles. The van der Waals surface area contributed by atoms with Crippen LogP contribution in [0.5, 0.6) is 0 Å². The van der Waals surface area contributed by atoms with Crippen LogP contribution in [-0.2, 0) is 19.6 Å². The van der Waals surface area contributed by atoms with Gasteiger partial charge in [-0.1, -0.05) is 72.8 Å². The Morgan fingerprint density at radius 1 is 0.710 bits per heavy atom. The number of nitrogens with one attached hydrogen (secondary N) is 1. The standard InChI is InChI=1S/C28H24N2O/c31-28(29-18-21-7-3-1-4-8-21)23-13-15-27(16-14-23)30-19-25-12-11-24(17-26(25)20-30)22-9-5-2-6-10-22/h1-17H,18-20H2,(H,29,31). The summed E-state index contributed by atoms with van der Waals surface area (Å²) >= 11 is 0. The van der Waals surface area contributed by atoms with Crippen molar-refractivity contribution >= 4 is 11.6 Å². The molecule has 0 radical (unpaired) electrons. The zero-order chi connectivity index (χ0) is 21.0. The lowest BCUT2D eigenvalue weighted by molar-refractivity contribution is 0.0951. The number of nitrogens with zero attached hydrogens (tertiary/aromatic N) is 1. The average Bonchev–Trinajstić information content (AvgIpc) is 3.27. The van der Waals surface area contributed by atoms with Crippen LogP contribution in [0.2, 0.25) is 0 Å². The van der Waals surface area contributed by atoms with Crippen molar-refractivity contribution in [2.75, 3.05) is 4.90 Å². The third kappa shape index (κ3) is 4.22. The van der Waals surface area contributed by atoms with E-state index in [4.69, 9.17) is 0 Å². The van der Waals surface area contributed by atoms with Crippen molar-refractivity contribution < 1.29 is 4.79 Å². The summed E-state index contributed by atoms with van der Waals surface area (Å²) in [5.41, 5.74) is 8.15. The third-order valence-corrected chi connectivity index (χ3v) is 5.83. The maximum atomic E-state index is 12.5. The van der Waals surface area contributed by atoms with Crippen LogP contribution in [0.15, 0.2) is 103 Å². The highest BCUT2D eigenvalue weighted by Crippen LogP contribution is 2.31. The quantitative estimate of drug-likeness (QED) is 0.456. The minimum atomic E-state index is -0.0485. The number of carbonyl (C=O) groups is 1. The van der Waals surface area contributed by atoms with Gasteiger partial charge in [-0.25, -0.2) is 0 Å². The number of rotatable bonds is 5. The molecule has 31 heavy (non-hydrogen) atoms. The fourth-order valence-corrected chi connectivity index (χ4v) is 4.09. The molecule has 0 saturated carbocycles. The summed E-state index contributed by atoms with van der Waals surface area (Å²) in [6.45, 7) is 2.31. The molecule has 0 bridgehead atoms. The first-order chi connectivity index (χ1) is 15.3. The Labute approximate surface area is 183 Å². The van der Waals surface area contributed by atoms with Crippen LogP contribution in [0.25, 0.3) is 11.1 Å². The molecule has 0 spiro atoms. The molecular formula is C28H24N2O. The van der Waals surface area contributed by atoms with Crippen molar-refractivity contribution in [2.24, 2.45) is 0 Å². The Morgan fingerprint density at radius 2 is 1.39 bits per heavy atom. The number of benzene rings is 4. The van der Waals surface area contributed by atoms with E-state index < -0.39 is 0 Å². The second-order valence-electron chi connectivity index (χ2n) is 7.92. The first kappa shape index (κ1) is 19.1. The van der Waals surface area contributed by atoms with Crippen LogP contribution in [0, 0.1) is 0 Å². The third-order valence-electron chi connectivity index (χ3n) is 5.83. The predicted octanol–water partition coefficient (Wildman–Crippen LogP) is 5.80. The topological polar surface area (TPSA) is 32.3 Å². The Balaban J connectivity index is 1.25. The maximum Gasteiger partial charge on any atom is 0.251 e.